The summed E-state index contributed by atoms with van der Waals surface area (Å²) in [6.07, 6.45) is 6.37. The van der Waals surface area contributed by atoms with Crippen molar-refractivity contribution in [3.63, 3.8) is 0 Å². The van der Waals surface area contributed by atoms with Crippen LogP contribution in [-0.2, 0) is 13.2 Å². The number of hydrogen-bond donors (Lipinski definition) is 1. The summed E-state index contributed by atoms with van der Waals surface area (Å²) in [5.74, 6) is -0.875. The van der Waals surface area contributed by atoms with E-state index in [1.165, 1.54) is 15.7 Å². The molecule has 0 saturated carbocycles. The summed E-state index contributed by atoms with van der Waals surface area (Å²) in [5, 5.41) is 25.6. The van der Waals surface area contributed by atoms with Gasteiger partial charge >= 0.3 is 5.95 Å². The highest BCUT2D eigenvalue weighted by Gasteiger charge is 2.15. The van der Waals surface area contributed by atoms with Crippen molar-refractivity contribution in [1.82, 2.24) is 34.3 Å². The lowest BCUT2D eigenvalue weighted by Gasteiger charge is -2.07. The summed E-state index contributed by atoms with van der Waals surface area (Å²) < 4.78 is 5.35. The van der Waals surface area contributed by atoms with Gasteiger partial charge in [0.1, 0.15) is 0 Å². The van der Waals surface area contributed by atoms with Crippen LogP contribution in [0.25, 0.3) is 0 Å². The zero-order chi connectivity index (χ0) is 21.1. The topological polar surface area (TPSA) is 139 Å². The van der Waals surface area contributed by atoms with E-state index in [9.17, 15) is 14.9 Å². The maximum absolute atomic E-state index is 12.5. The van der Waals surface area contributed by atoms with Gasteiger partial charge in [-0.1, -0.05) is 17.1 Å². The van der Waals surface area contributed by atoms with E-state index < -0.39 is 10.9 Å². The van der Waals surface area contributed by atoms with Gasteiger partial charge in [-0.15, -0.1) is 0 Å². The van der Waals surface area contributed by atoms with Crippen molar-refractivity contribution in [3.8, 4) is 0 Å². The van der Waals surface area contributed by atoms with Crippen LogP contribution in [-0.4, -0.2) is 45.2 Å². The molecule has 4 aromatic rings. The fourth-order valence-electron chi connectivity index (χ4n) is 2.70. The summed E-state index contributed by atoms with van der Waals surface area (Å²) in [7, 11) is 0. The lowest BCUT2D eigenvalue weighted by atomic mass is 10.2. The SMILES string of the molecule is O=C(Nc1cccc(Cn2cc(Br)cn2)c1)c1ccn(Cn2cnc([N+](=O)[O-])n2)n1. The van der Waals surface area contributed by atoms with Crippen molar-refractivity contribution in [3.05, 3.63) is 81.1 Å². The van der Waals surface area contributed by atoms with E-state index in [4.69, 9.17) is 0 Å². The normalized spacial score (nSPS) is 10.8. The van der Waals surface area contributed by atoms with Crippen LogP contribution in [0.1, 0.15) is 16.1 Å². The molecule has 0 unspecified atom stereocenters. The minimum atomic E-state index is -0.683. The molecule has 0 fully saturated rings. The second-order valence-corrected chi connectivity index (χ2v) is 7.15. The van der Waals surface area contributed by atoms with Gasteiger partial charge in [-0.3, -0.25) is 9.48 Å². The largest absolute Gasteiger partial charge is 0.491 e. The molecule has 0 radical (unpaired) electrons. The molecule has 152 valence electrons. The standard InChI is InChI=1S/C17H14BrN9O3/c18-13-7-20-25(9-13)8-12-2-1-3-14(6-12)21-16(28)15-4-5-24(22-15)11-26-10-19-17(23-26)27(29)30/h1-7,9-10H,8,11H2,(H,21,28). The Morgan fingerprint density at radius 1 is 1.20 bits per heavy atom. The molecule has 13 heteroatoms. The number of halogens is 1. The lowest BCUT2D eigenvalue weighted by molar-refractivity contribution is -0.394. The Hall–Kier alpha value is -3.87. The first-order valence-electron chi connectivity index (χ1n) is 8.62. The van der Waals surface area contributed by atoms with E-state index in [2.05, 4.69) is 41.5 Å². The van der Waals surface area contributed by atoms with Crippen molar-refractivity contribution in [1.29, 1.82) is 0 Å². The molecular weight excluding hydrogens is 458 g/mol. The molecule has 0 atom stereocenters. The number of amides is 1. The molecule has 4 rings (SSSR count). The first-order chi connectivity index (χ1) is 14.5. The number of nitrogens with one attached hydrogen (secondary N) is 1. The molecule has 0 aliphatic rings. The zero-order valence-electron chi connectivity index (χ0n) is 15.3. The maximum atomic E-state index is 12.5. The number of carbonyl (C=O) groups excluding carboxylic acids is 1. The lowest BCUT2D eigenvalue weighted by Crippen LogP contribution is -2.15. The predicted octanol–water partition coefficient (Wildman–Crippen LogP) is 2.15. The Kier molecular flexibility index (Phi) is 5.34. The summed E-state index contributed by atoms with van der Waals surface area (Å²) in [4.78, 5) is 26.0. The van der Waals surface area contributed by atoms with E-state index in [1.54, 1.807) is 29.2 Å². The van der Waals surface area contributed by atoms with Crippen LogP contribution in [0, 0.1) is 10.1 Å². The van der Waals surface area contributed by atoms with Gasteiger partial charge in [0.25, 0.3) is 5.91 Å². The Morgan fingerprint density at radius 3 is 2.80 bits per heavy atom. The molecule has 0 aliphatic carbocycles. The molecule has 0 aliphatic heterocycles. The Bertz CT molecular complexity index is 1210. The number of nitro groups is 1. The summed E-state index contributed by atoms with van der Waals surface area (Å²) in [6.45, 7) is 0.650. The van der Waals surface area contributed by atoms with Crippen LogP contribution < -0.4 is 5.32 Å². The van der Waals surface area contributed by atoms with Gasteiger partial charge in [0.15, 0.2) is 12.4 Å². The maximum Gasteiger partial charge on any atom is 0.491 e. The monoisotopic (exact) mass is 471 g/mol. The fourth-order valence-corrected chi connectivity index (χ4v) is 3.03. The van der Waals surface area contributed by atoms with Gasteiger partial charge in [-0.05, 0) is 44.6 Å². The van der Waals surface area contributed by atoms with E-state index in [0.29, 0.717) is 12.2 Å². The van der Waals surface area contributed by atoms with Crippen molar-refractivity contribution in [2.24, 2.45) is 0 Å². The molecule has 1 aromatic carbocycles. The number of hydrogen-bond acceptors (Lipinski definition) is 7. The van der Waals surface area contributed by atoms with Gasteiger partial charge < -0.3 is 15.4 Å². The zero-order valence-corrected chi connectivity index (χ0v) is 16.9. The summed E-state index contributed by atoms with van der Waals surface area (Å²) in [5.41, 5.74) is 1.80. The highest BCUT2D eigenvalue weighted by atomic mass is 79.9. The molecule has 0 saturated heterocycles. The first kappa shape index (κ1) is 19.4. The van der Waals surface area contributed by atoms with E-state index in [1.807, 2.05) is 24.4 Å². The number of nitrogens with zero attached hydrogens (tertiary/aromatic N) is 8. The van der Waals surface area contributed by atoms with Gasteiger partial charge in [-0.25, -0.2) is 4.68 Å². The molecule has 12 nitrogen and oxygen atoms in total. The highest BCUT2D eigenvalue weighted by molar-refractivity contribution is 9.10. The number of aromatic nitrogens is 7. The van der Waals surface area contributed by atoms with E-state index >= 15 is 0 Å². The van der Waals surface area contributed by atoms with Crippen LogP contribution in [0.2, 0.25) is 0 Å². The van der Waals surface area contributed by atoms with Crippen LogP contribution in [0.4, 0.5) is 11.6 Å². The molecule has 1 amide bonds. The molecule has 0 bridgehead atoms. The molecular formula is C17H14BrN9O3. The number of anilines is 1. The van der Waals surface area contributed by atoms with Crippen LogP contribution in [0.5, 0.6) is 0 Å². The van der Waals surface area contributed by atoms with Gasteiger partial charge in [-0.2, -0.15) is 14.9 Å². The summed E-state index contributed by atoms with van der Waals surface area (Å²) in [6, 6.07) is 8.98. The second-order valence-electron chi connectivity index (χ2n) is 6.23. The Balaban J connectivity index is 1.40. The predicted molar refractivity (Wildman–Crippen MR) is 108 cm³/mol. The van der Waals surface area contributed by atoms with Crippen LogP contribution >= 0.6 is 15.9 Å². The third-order valence-corrected chi connectivity index (χ3v) is 4.39. The third kappa shape index (κ3) is 4.57. The first-order valence-corrected chi connectivity index (χ1v) is 9.41. The van der Waals surface area contributed by atoms with Crippen LogP contribution in [0.15, 0.2) is 59.7 Å². The molecule has 1 N–H and O–H groups in total. The third-order valence-electron chi connectivity index (χ3n) is 3.98. The molecule has 3 heterocycles. The average Bonchev–Trinajstić information content (AvgIpc) is 3.44. The highest BCUT2D eigenvalue weighted by Crippen LogP contribution is 2.14. The van der Waals surface area contributed by atoms with Crippen LogP contribution in [0.3, 0.4) is 0 Å². The van der Waals surface area contributed by atoms with Gasteiger partial charge in [0.05, 0.1) is 17.2 Å². The fraction of sp³-hybridized carbons (Fsp3) is 0.118. The Morgan fingerprint density at radius 2 is 2.07 bits per heavy atom. The Labute approximate surface area is 177 Å². The second kappa shape index (κ2) is 8.24. The average molecular weight is 472 g/mol. The minimum absolute atomic E-state index is 0.0863. The number of benzene rings is 1. The molecule has 3 aromatic heterocycles. The van der Waals surface area contributed by atoms with Crippen molar-refractivity contribution >= 4 is 33.5 Å². The van der Waals surface area contributed by atoms with Crippen molar-refractivity contribution in [2.75, 3.05) is 5.32 Å². The summed E-state index contributed by atoms with van der Waals surface area (Å²) >= 11 is 3.36. The van der Waals surface area contributed by atoms with Crippen molar-refractivity contribution < 1.29 is 9.72 Å². The smallest absolute Gasteiger partial charge is 0.390 e. The van der Waals surface area contributed by atoms with E-state index in [0.717, 1.165) is 10.0 Å². The molecule has 0 spiro atoms. The number of carbonyl (C=O) groups is 1. The van der Waals surface area contributed by atoms with Crippen molar-refractivity contribution in [2.45, 2.75) is 13.2 Å². The van der Waals surface area contributed by atoms with Gasteiger partial charge in [0.2, 0.25) is 6.33 Å². The van der Waals surface area contributed by atoms with Gasteiger partial charge in [0, 0.05) is 23.2 Å². The minimum Gasteiger partial charge on any atom is -0.390 e. The quantitative estimate of drug-likeness (QED) is 0.321. The number of rotatable bonds is 7. The van der Waals surface area contributed by atoms with E-state index in [-0.39, 0.29) is 18.3 Å². The molecule has 30 heavy (non-hydrogen) atoms.